The van der Waals surface area contributed by atoms with E-state index in [1.165, 1.54) is 12.1 Å². The maximum Gasteiger partial charge on any atom is 0.248 e. The smallest absolute Gasteiger partial charge is 0.248 e. The van der Waals surface area contributed by atoms with Crippen molar-refractivity contribution in [3.05, 3.63) is 34.1 Å². The lowest BCUT2D eigenvalue weighted by molar-refractivity contribution is -0.172. The Morgan fingerprint density at radius 1 is 1.38 bits per heavy atom. The monoisotopic (exact) mass is 398 g/mol. The van der Waals surface area contributed by atoms with E-state index in [1.54, 1.807) is 11.0 Å². The predicted molar refractivity (Wildman–Crippen MR) is 92.0 cm³/mol. The number of amides is 1. The fraction of sp³-hybridized carbons (Fsp3) is 0.611. The van der Waals surface area contributed by atoms with Gasteiger partial charge < -0.3 is 9.64 Å². The molecule has 3 aliphatic rings. The summed E-state index contributed by atoms with van der Waals surface area (Å²) in [5, 5.41) is 0. The molecule has 1 aromatic carbocycles. The molecule has 0 bridgehead atoms. The Morgan fingerprint density at radius 3 is 2.79 bits per heavy atom. The normalized spacial score (nSPS) is 26.4. The largest absolute Gasteiger partial charge is 0.363 e. The topological polar surface area (TPSA) is 32.8 Å². The van der Waals surface area contributed by atoms with Gasteiger partial charge in [-0.2, -0.15) is 0 Å². The van der Waals surface area contributed by atoms with E-state index in [9.17, 15) is 9.18 Å². The van der Waals surface area contributed by atoms with Crippen molar-refractivity contribution in [2.24, 2.45) is 0 Å². The van der Waals surface area contributed by atoms with Gasteiger partial charge in [0.1, 0.15) is 12.4 Å². The molecule has 4 rings (SSSR count). The third kappa shape index (κ3) is 3.37. The molecular formula is C18H22BrFN2O2. The molecule has 4 nitrogen and oxygen atoms in total. The molecule has 0 atom stereocenters. The van der Waals surface area contributed by atoms with Crippen LogP contribution in [0.25, 0.3) is 0 Å². The highest BCUT2D eigenvalue weighted by Gasteiger charge is 2.46. The van der Waals surface area contributed by atoms with Crippen LogP contribution in [0.3, 0.4) is 0 Å². The first kappa shape index (κ1) is 14.2. The molecule has 1 spiro atoms. The van der Waals surface area contributed by atoms with E-state index >= 15 is 0 Å². The van der Waals surface area contributed by atoms with Gasteiger partial charge in [0, 0.05) is 38.4 Å². The summed E-state index contributed by atoms with van der Waals surface area (Å²) in [5.41, 5.74) is -0.336. The Balaban J connectivity index is 1.46. The number of nitrogens with zero attached hydrogens (tertiary/aromatic N) is 2. The van der Waals surface area contributed by atoms with Gasteiger partial charge >= 0.3 is 0 Å². The lowest BCUT2D eigenvalue weighted by Crippen LogP contribution is -2.59. The number of likely N-dealkylation sites (tertiary alicyclic amines) is 1. The van der Waals surface area contributed by atoms with Crippen LogP contribution in [0.15, 0.2) is 22.7 Å². The molecule has 2 saturated heterocycles. The zero-order valence-corrected chi connectivity index (χ0v) is 15.0. The summed E-state index contributed by atoms with van der Waals surface area (Å²) in [6.45, 7) is -0.234. The van der Waals surface area contributed by atoms with Crippen molar-refractivity contribution in [1.29, 1.82) is 0 Å². The molecule has 1 aromatic rings. The fourth-order valence-electron chi connectivity index (χ4n) is 3.54. The summed E-state index contributed by atoms with van der Waals surface area (Å²) in [6.07, 6.45) is 3.42. The number of hydrogen-bond acceptors (Lipinski definition) is 3. The zero-order chi connectivity index (χ0) is 18.5. The summed E-state index contributed by atoms with van der Waals surface area (Å²) >= 11 is 3.21. The summed E-state index contributed by atoms with van der Waals surface area (Å²) in [5.74, 6) is -0.489. The van der Waals surface area contributed by atoms with Crippen molar-refractivity contribution in [2.45, 2.75) is 43.8 Å². The number of piperidine rings is 1. The summed E-state index contributed by atoms with van der Waals surface area (Å²) in [4.78, 5) is 15.7. The van der Waals surface area contributed by atoms with Crippen LogP contribution < -0.4 is 0 Å². The van der Waals surface area contributed by atoms with Gasteiger partial charge in [-0.1, -0.05) is 22.0 Å². The van der Waals surface area contributed by atoms with Crippen LogP contribution in [0, 0.1) is 5.82 Å². The lowest BCUT2D eigenvalue weighted by Gasteiger charge is -2.47. The van der Waals surface area contributed by atoms with E-state index in [-0.39, 0.29) is 23.7 Å². The number of halogens is 2. The van der Waals surface area contributed by atoms with Crippen molar-refractivity contribution in [2.75, 3.05) is 26.2 Å². The Kier molecular flexibility index (Phi) is 3.79. The van der Waals surface area contributed by atoms with Gasteiger partial charge in [-0.3, -0.25) is 9.69 Å². The van der Waals surface area contributed by atoms with Crippen LogP contribution >= 0.6 is 15.9 Å². The summed E-state index contributed by atoms with van der Waals surface area (Å²) in [7, 11) is 0. The highest BCUT2D eigenvalue weighted by molar-refractivity contribution is 9.10. The minimum atomic E-state index is -1.88. The van der Waals surface area contributed by atoms with Crippen molar-refractivity contribution in [1.82, 2.24) is 9.80 Å². The second kappa shape index (κ2) is 6.39. The van der Waals surface area contributed by atoms with Gasteiger partial charge in [-0.05, 0) is 37.8 Å². The van der Waals surface area contributed by atoms with E-state index in [0.717, 1.165) is 12.8 Å². The van der Waals surface area contributed by atoms with Crippen LogP contribution in [0.2, 0.25) is 0 Å². The quantitative estimate of drug-likeness (QED) is 0.784. The van der Waals surface area contributed by atoms with Gasteiger partial charge in [0.2, 0.25) is 5.91 Å². The molecule has 2 heterocycles. The van der Waals surface area contributed by atoms with E-state index < -0.39 is 12.3 Å². The van der Waals surface area contributed by atoms with E-state index in [4.69, 9.17) is 7.48 Å². The minimum absolute atomic E-state index is 0.0518. The molecule has 0 aromatic heterocycles. The standard InChI is InChI=1S/C18H22BrFN2O2/c19-14-2-1-13(16(20)9-14)10-21-7-5-18(6-8-21)12-22(15-3-4-15)17(23)11-24-18/h1-2,9,15H,3-8,10-12H2/i10D2. The first-order valence-electron chi connectivity index (χ1n) is 9.45. The number of carbonyl (C=O) groups excluding carboxylic acids is 1. The van der Waals surface area contributed by atoms with Crippen molar-refractivity contribution < 1.29 is 16.7 Å². The maximum atomic E-state index is 14.3. The number of morpholine rings is 1. The van der Waals surface area contributed by atoms with Gasteiger partial charge in [0.15, 0.2) is 0 Å². The van der Waals surface area contributed by atoms with E-state index in [2.05, 4.69) is 15.9 Å². The highest BCUT2D eigenvalue weighted by atomic mass is 79.9. The van der Waals surface area contributed by atoms with Crippen LogP contribution in [0.1, 0.15) is 34.0 Å². The van der Waals surface area contributed by atoms with E-state index in [1.807, 2.05) is 4.90 Å². The van der Waals surface area contributed by atoms with E-state index in [0.29, 0.717) is 43.0 Å². The van der Waals surface area contributed by atoms with Crippen LogP contribution in [-0.2, 0) is 16.0 Å². The second-order valence-electron chi connectivity index (χ2n) is 6.95. The van der Waals surface area contributed by atoms with Gasteiger partial charge in [0.25, 0.3) is 0 Å². The molecular weight excluding hydrogens is 375 g/mol. The Labute approximate surface area is 152 Å². The number of benzene rings is 1. The molecule has 1 aliphatic carbocycles. The van der Waals surface area contributed by atoms with Crippen molar-refractivity contribution in [3.63, 3.8) is 0 Å². The number of carbonyl (C=O) groups is 1. The minimum Gasteiger partial charge on any atom is -0.363 e. The second-order valence-corrected chi connectivity index (χ2v) is 7.86. The third-order valence-electron chi connectivity index (χ3n) is 5.15. The first-order valence-corrected chi connectivity index (χ1v) is 9.24. The van der Waals surface area contributed by atoms with Crippen molar-refractivity contribution in [3.8, 4) is 0 Å². The molecule has 1 amide bonds. The highest BCUT2D eigenvalue weighted by Crippen LogP contribution is 2.36. The maximum absolute atomic E-state index is 14.3. The molecule has 0 radical (unpaired) electrons. The molecule has 24 heavy (non-hydrogen) atoms. The van der Waals surface area contributed by atoms with Crippen LogP contribution in [0.4, 0.5) is 4.39 Å². The Morgan fingerprint density at radius 2 is 2.12 bits per heavy atom. The number of hydrogen-bond donors (Lipinski definition) is 0. The van der Waals surface area contributed by atoms with Crippen LogP contribution in [0.5, 0.6) is 0 Å². The molecule has 130 valence electrons. The predicted octanol–water partition coefficient (Wildman–Crippen LogP) is 2.94. The molecule has 3 fully saturated rings. The SMILES string of the molecule is [2H]C([2H])(c1ccc(Br)cc1F)N1CCC2(CC1)CN(C1CC1)C(=O)CO2. The average molecular weight is 399 g/mol. The Hall–Kier alpha value is -0.980. The first-order chi connectivity index (χ1) is 12.3. The molecule has 2 aliphatic heterocycles. The summed E-state index contributed by atoms with van der Waals surface area (Å²) in [6, 6.07) is 4.81. The van der Waals surface area contributed by atoms with Crippen molar-refractivity contribution >= 4 is 21.8 Å². The van der Waals surface area contributed by atoms with Crippen LogP contribution in [-0.4, -0.2) is 53.6 Å². The Bertz CT molecular complexity index is 721. The molecule has 0 unspecified atom stereocenters. The van der Waals surface area contributed by atoms with Gasteiger partial charge in [-0.15, -0.1) is 0 Å². The molecule has 6 heteroatoms. The van der Waals surface area contributed by atoms with Gasteiger partial charge in [0.05, 0.1) is 12.1 Å². The fourth-order valence-corrected chi connectivity index (χ4v) is 3.87. The average Bonchev–Trinajstić information content (AvgIpc) is 3.42. The zero-order valence-electron chi connectivity index (χ0n) is 15.4. The van der Waals surface area contributed by atoms with Gasteiger partial charge in [-0.25, -0.2) is 4.39 Å². The number of rotatable bonds is 3. The molecule has 0 N–H and O–H groups in total. The number of ether oxygens (including phenoxy) is 1. The third-order valence-corrected chi connectivity index (χ3v) is 5.65. The lowest BCUT2D eigenvalue weighted by atomic mass is 9.89. The summed E-state index contributed by atoms with van der Waals surface area (Å²) < 4.78 is 37.7. The molecule has 1 saturated carbocycles.